The second kappa shape index (κ2) is 8.68. The zero-order valence-corrected chi connectivity index (χ0v) is 17.3. The predicted molar refractivity (Wildman–Crippen MR) is 113 cm³/mol. The van der Waals surface area contributed by atoms with Gasteiger partial charge in [-0.25, -0.2) is 8.42 Å². The maximum Gasteiger partial charge on any atom is 0.252 e. The van der Waals surface area contributed by atoms with Crippen molar-refractivity contribution in [3.05, 3.63) is 77.7 Å². The van der Waals surface area contributed by atoms with Crippen LogP contribution in [0.4, 0.5) is 0 Å². The molecule has 1 atom stereocenters. The Labute approximate surface area is 169 Å². The molecule has 0 aliphatic rings. The van der Waals surface area contributed by atoms with Gasteiger partial charge in [-0.15, -0.1) is 11.3 Å². The van der Waals surface area contributed by atoms with Crippen LogP contribution in [0.3, 0.4) is 0 Å². The zero-order valence-electron chi connectivity index (χ0n) is 15.7. The molecule has 0 saturated heterocycles. The Morgan fingerprint density at radius 1 is 1.00 bits per heavy atom. The van der Waals surface area contributed by atoms with Gasteiger partial charge in [-0.1, -0.05) is 60.7 Å². The van der Waals surface area contributed by atoms with Crippen LogP contribution in [0.2, 0.25) is 0 Å². The van der Waals surface area contributed by atoms with Gasteiger partial charge in [-0.2, -0.15) is 4.31 Å². The Balaban J connectivity index is 1.61. The first kappa shape index (κ1) is 20.3. The number of nitrogens with one attached hydrogen (secondary N) is 1. The zero-order chi connectivity index (χ0) is 20.1. The molecule has 3 rings (SSSR count). The van der Waals surface area contributed by atoms with E-state index in [0.717, 1.165) is 32.3 Å². The summed E-state index contributed by atoms with van der Waals surface area (Å²) >= 11 is 1.13. The van der Waals surface area contributed by atoms with Crippen molar-refractivity contribution in [2.24, 2.45) is 0 Å². The van der Waals surface area contributed by atoms with E-state index in [1.54, 1.807) is 11.4 Å². The van der Waals surface area contributed by atoms with Crippen molar-refractivity contribution in [3.63, 3.8) is 0 Å². The third-order valence-electron chi connectivity index (χ3n) is 4.42. The fraction of sp³-hybridized carbons (Fsp3) is 0.190. The molecular weight excluding hydrogens is 392 g/mol. The summed E-state index contributed by atoms with van der Waals surface area (Å²) in [6, 6.07) is 21.0. The van der Waals surface area contributed by atoms with Gasteiger partial charge < -0.3 is 5.32 Å². The summed E-state index contributed by atoms with van der Waals surface area (Å²) in [6.07, 6.45) is 0. The minimum Gasteiger partial charge on any atom is -0.348 e. The second-order valence-electron chi connectivity index (χ2n) is 6.47. The van der Waals surface area contributed by atoms with E-state index in [1.807, 2.05) is 61.5 Å². The molecule has 146 valence electrons. The summed E-state index contributed by atoms with van der Waals surface area (Å²) in [5.41, 5.74) is 3.19. The molecule has 0 bridgehead atoms. The van der Waals surface area contributed by atoms with Crippen LogP contribution < -0.4 is 5.32 Å². The third-order valence-corrected chi connectivity index (χ3v) is 7.60. The predicted octanol–water partition coefficient (Wildman–Crippen LogP) is 3.91. The molecule has 1 aromatic heterocycles. The quantitative estimate of drug-likeness (QED) is 0.637. The molecule has 1 amide bonds. The second-order valence-corrected chi connectivity index (χ2v) is 9.69. The van der Waals surface area contributed by atoms with Gasteiger partial charge in [-0.05, 0) is 35.1 Å². The molecule has 0 unspecified atom stereocenters. The molecule has 28 heavy (non-hydrogen) atoms. The molecule has 1 heterocycles. The molecule has 2 aromatic carbocycles. The Morgan fingerprint density at radius 3 is 2.25 bits per heavy atom. The van der Waals surface area contributed by atoms with Crippen molar-refractivity contribution in [2.45, 2.75) is 17.2 Å². The van der Waals surface area contributed by atoms with E-state index in [9.17, 15) is 13.2 Å². The lowest BCUT2D eigenvalue weighted by Gasteiger charge is -2.19. The summed E-state index contributed by atoms with van der Waals surface area (Å²) in [7, 11) is -2.23. The number of nitrogens with zero attached hydrogens (tertiary/aromatic N) is 1. The van der Waals surface area contributed by atoms with E-state index >= 15 is 0 Å². The van der Waals surface area contributed by atoms with E-state index < -0.39 is 10.0 Å². The number of hydrogen-bond acceptors (Lipinski definition) is 4. The van der Waals surface area contributed by atoms with Crippen LogP contribution in [0.1, 0.15) is 18.5 Å². The van der Waals surface area contributed by atoms with Gasteiger partial charge in [0.15, 0.2) is 0 Å². The standard InChI is InChI=1S/C21H22N2O3S2/c1-16(17-10-12-19(13-11-17)18-7-4-3-5-8-18)22-20(24)15-23(2)28(25,26)21-9-6-14-27-21/h3-14,16H,15H2,1-2H3,(H,22,24)/t16-/m1/s1. The molecular formula is C21H22N2O3S2. The number of amides is 1. The number of sulfonamides is 1. The molecule has 0 aliphatic carbocycles. The van der Waals surface area contributed by atoms with E-state index in [1.165, 1.54) is 13.1 Å². The lowest BCUT2D eigenvalue weighted by molar-refractivity contribution is -0.121. The highest BCUT2D eigenvalue weighted by atomic mass is 32.2. The molecule has 1 N–H and O–H groups in total. The smallest absolute Gasteiger partial charge is 0.252 e. The third kappa shape index (κ3) is 4.67. The number of likely N-dealkylation sites (N-methyl/N-ethyl adjacent to an activating group) is 1. The van der Waals surface area contributed by atoms with E-state index in [4.69, 9.17) is 0 Å². The highest BCUT2D eigenvalue weighted by Crippen LogP contribution is 2.22. The molecule has 0 fully saturated rings. The SMILES string of the molecule is C[C@@H](NC(=O)CN(C)S(=O)(=O)c1cccs1)c1ccc(-c2ccccc2)cc1. The van der Waals surface area contributed by atoms with Gasteiger partial charge in [0, 0.05) is 7.05 Å². The lowest BCUT2D eigenvalue weighted by atomic mass is 10.0. The molecule has 7 heteroatoms. The lowest BCUT2D eigenvalue weighted by Crippen LogP contribution is -2.39. The van der Waals surface area contributed by atoms with Crippen LogP contribution in [0.25, 0.3) is 11.1 Å². The van der Waals surface area contributed by atoms with Gasteiger partial charge in [0.25, 0.3) is 10.0 Å². The van der Waals surface area contributed by atoms with E-state index in [2.05, 4.69) is 5.32 Å². The normalized spacial score (nSPS) is 12.7. The van der Waals surface area contributed by atoms with Crippen molar-refractivity contribution in [3.8, 4) is 11.1 Å². The first-order valence-electron chi connectivity index (χ1n) is 8.82. The average molecular weight is 415 g/mol. The van der Waals surface area contributed by atoms with Crippen LogP contribution >= 0.6 is 11.3 Å². The topological polar surface area (TPSA) is 66.5 Å². The van der Waals surface area contributed by atoms with Gasteiger partial charge in [0.1, 0.15) is 4.21 Å². The summed E-state index contributed by atoms with van der Waals surface area (Å²) in [5.74, 6) is -0.345. The molecule has 5 nitrogen and oxygen atoms in total. The molecule has 0 aliphatic heterocycles. The summed E-state index contributed by atoms with van der Waals surface area (Å²) in [5, 5.41) is 4.56. The molecule has 0 spiro atoms. The number of carbonyl (C=O) groups excluding carboxylic acids is 1. The molecule has 3 aromatic rings. The van der Waals surface area contributed by atoms with E-state index in [0.29, 0.717) is 0 Å². The van der Waals surface area contributed by atoms with Crippen molar-refractivity contribution in [2.75, 3.05) is 13.6 Å². The minimum absolute atomic E-state index is 0.227. The van der Waals surface area contributed by atoms with Gasteiger partial charge in [-0.3, -0.25) is 4.79 Å². The number of hydrogen-bond donors (Lipinski definition) is 1. The number of rotatable bonds is 7. The molecule has 0 saturated carbocycles. The minimum atomic E-state index is -3.64. The maximum atomic E-state index is 12.4. The Hall–Kier alpha value is -2.48. The Bertz CT molecular complexity index is 1020. The first-order chi connectivity index (χ1) is 13.4. The number of benzene rings is 2. The van der Waals surface area contributed by atoms with Crippen molar-refractivity contribution in [1.82, 2.24) is 9.62 Å². The van der Waals surface area contributed by atoms with Crippen LogP contribution in [-0.2, 0) is 14.8 Å². The molecule has 0 radical (unpaired) electrons. The monoisotopic (exact) mass is 414 g/mol. The van der Waals surface area contributed by atoms with Gasteiger partial charge >= 0.3 is 0 Å². The van der Waals surface area contributed by atoms with Crippen LogP contribution in [0.5, 0.6) is 0 Å². The Morgan fingerprint density at radius 2 is 1.64 bits per heavy atom. The van der Waals surface area contributed by atoms with Crippen molar-refractivity contribution >= 4 is 27.3 Å². The van der Waals surface area contributed by atoms with Gasteiger partial charge in [0.2, 0.25) is 5.91 Å². The number of carbonyl (C=O) groups is 1. The van der Waals surface area contributed by atoms with Crippen LogP contribution in [0, 0.1) is 0 Å². The van der Waals surface area contributed by atoms with Crippen molar-refractivity contribution < 1.29 is 13.2 Å². The van der Waals surface area contributed by atoms with Crippen molar-refractivity contribution in [1.29, 1.82) is 0 Å². The highest BCUT2D eigenvalue weighted by Gasteiger charge is 2.24. The summed E-state index contributed by atoms with van der Waals surface area (Å²) in [6.45, 7) is 1.65. The maximum absolute atomic E-state index is 12.4. The summed E-state index contributed by atoms with van der Waals surface area (Å²) in [4.78, 5) is 12.3. The summed E-state index contributed by atoms with van der Waals surface area (Å²) < 4.78 is 26.1. The largest absolute Gasteiger partial charge is 0.348 e. The van der Waals surface area contributed by atoms with Gasteiger partial charge in [0.05, 0.1) is 12.6 Å². The fourth-order valence-corrected chi connectivity index (χ4v) is 5.14. The highest BCUT2D eigenvalue weighted by molar-refractivity contribution is 7.91. The van der Waals surface area contributed by atoms with Crippen LogP contribution in [0.15, 0.2) is 76.3 Å². The van der Waals surface area contributed by atoms with Crippen LogP contribution in [-0.4, -0.2) is 32.2 Å². The fourth-order valence-electron chi connectivity index (χ4n) is 2.82. The Kier molecular flexibility index (Phi) is 6.28. The van der Waals surface area contributed by atoms with E-state index in [-0.39, 0.29) is 22.7 Å². The first-order valence-corrected chi connectivity index (χ1v) is 11.1. The number of thiophene rings is 1. The average Bonchev–Trinajstić information content (AvgIpc) is 3.24.